The molecule has 1 heterocycles. The van der Waals surface area contributed by atoms with Crippen molar-refractivity contribution in [1.82, 2.24) is 4.90 Å². The van der Waals surface area contributed by atoms with Crippen molar-refractivity contribution in [2.75, 3.05) is 18.6 Å². The fourth-order valence-electron chi connectivity index (χ4n) is 3.62. The van der Waals surface area contributed by atoms with Crippen LogP contribution >= 0.6 is 0 Å². The lowest BCUT2D eigenvalue weighted by Gasteiger charge is -2.51. The third kappa shape index (κ3) is 3.60. The van der Waals surface area contributed by atoms with Crippen molar-refractivity contribution in [3.63, 3.8) is 0 Å². The molecule has 126 valence electrons. The highest BCUT2D eigenvalue weighted by Gasteiger charge is 2.42. The van der Waals surface area contributed by atoms with E-state index in [1.165, 1.54) is 17.4 Å². The van der Waals surface area contributed by atoms with E-state index >= 15 is 0 Å². The third-order valence-corrected chi connectivity index (χ3v) is 5.67. The fraction of sp³-hybridized carbons (Fsp3) is 0.300. The summed E-state index contributed by atoms with van der Waals surface area (Å²) in [6, 6.07) is 20.9. The summed E-state index contributed by atoms with van der Waals surface area (Å²) in [5, 5.41) is 0. The van der Waals surface area contributed by atoms with Crippen molar-refractivity contribution in [1.29, 1.82) is 0 Å². The van der Waals surface area contributed by atoms with Gasteiger partial charge in [0.1, 0.15) is 9.84 Å². The molecular formula is C20H23NO2S. The summed E-state index contributed by atoms with van der Waals surface area (Å²) in [6.07, 6.45) is 3.19. The minimum absolute atomic E-state index is 0.0742. The molecule has 0 aromatic heterocycles. The van der Waals surface area contributed by atoms with Crippen molar-refractivity contribution in [3.05, 3.63) is 84.4 Å². The van der Waals surface area contributed by atoms with Crippen LogP contribution in [0.3, 0.4) is 0 Å². The van der Waals surface area contributed by atoms with Crippen molar-refractivity contribution in [2.45, 2.75) is 12.1 Å². The summed E-state index contributed by atoms with van der Waals surface area (Å²) in [4.78, 5) is 2.34. The summed E-state index contributed by atoms with van der Waals surface area (Å²) in [5.41, 5.74) is 2.43. The Morgan fingerprint density at radius 2 is 1.58 bits per heavy atom. The molecule has 2 atom stereocenters. The van der Waals surface area contributed by atoms with Crippen LogP contribution in [0.2, 0.25) is 0 Å². The molecule has 0 spiro atoms. The molecule has 1 saturated heterocycles. The molecule has 0 aliphatic carbocycles. The minimum Gasteiger partial charge on any atom is -0.285 e. The molecule has 4 heteroatoms. The predicted octanol–water partition coefficient (Wildman–Crippen LogP) is 3.31. The van der Waals surface area contributed by atoms with Gasteiger partial charge in [-0.15, -0.1) is 6.58 Å². The number of likely N-dealkylation sites (tertiary alicyclic amines) is 1. The molecule has 24 heavy (non-hydrogen) atoms. The van der Waals surface area contributed by atoms with Crippen LogP contribution in [0.4, 0.5) is 0 Å². The standard InChI is InChI=1S/C20H23NO2S/c1-3-19-18(15-24(2,22)23)14-21(19)20(16-10-6-4-7-11-16)17-12-8-5-9-13-17/h3-13,18-20H,1,14-15H2,2H3/t18-,19-/m1/s1. The molecule has 0 bridgehead atoms. The Morgan fingerprint density at radius 1 is 1.08 bits per heavy atom. The first-order valence-electron chi connectivity index (χ1n) is 8.15. The van der Waals surface area contributed by atoms with Crippen LogP contribution in [0.15, 0.2) is 73.3 Å². The van der Waals surface area contributed by atoms with Crippen molar-refractivity contribution in [2.24, 2.45) is 5.92 Å². The zero-order valence-electron chi connectivity index (χ0n) is 13.9. The Balaban J connectivity index is 1.92. The zero-order chi connectivity index (χ0) is 17.2. The van der Waals surface area contributed by atoms with Crippen LogP contribution in [0.5, 0.6) is 0 Å². The molecule has 1 fully saturated rings. The van der Waals surface area contributed by atoms with E-state index < -0.39 is 9.84 Å². The summed E-state index contributed by atoms with van der Waals surface area (Å²) in [5.74, 6) is 0.337. The van der Waals surface area contributed by atoms with Crippen molar-refractivity contribution in [3.8, 4) is 0 Å². The maximum Gasteiger partial charge on any atom is 0.147 e. The number of benzene rings is 2. The lowest BCUT2D eigenvalue weighted by Crippen LogP contribution is -2.58. The van der Waals surface area contributed by atoms with Gasteiger partial charge in [0, 0.05) is 24.8 Å². The predicted molar refractivity (Wildman–Crippen MR) is 98.6 cm³/mol. The van der Waals surface area contributed by atoms with Crippen LogP contribution in [-0.2, 0) is 9.84 Å². The van der Waals surface area contributed by atoms with Gasteiger partial charge in [-0.05, 0) is 11.1 Å². The summed E-state index contributed by atoms with van der Waals surface area (Å²) >= 11 is 0. The zero-order valence-corrected chi connectivity index (χ0v) is 14.7. The van der Waals surface area contributed by atoms with E-state index in [0.29, 0.717) is 0 Å². The Kier molecular flexibility index (Phi) is 4.88. The molecule has 0 amide bonds. The van der Waals surface area contributed by atoms with E-state index in [2.05, 4.69) is 35.7 Å². The van der Waals surface area contributed by atoms with Gasteiger partial charge in [0.25, 0.3) is 0 Å². The molecule has 0 radical (unpaired) electrons. The smallest absolute Gasteiger partial charge is 0.147 e. The summed E-state index contributed by atoms with van der Waals surface area (Å²) in [6.45, 7) is 4.71. The SMILES string of the molecule is C=C[C@@H]1[C@@H](CS(C)(=O)=O)CN1C(c1ccccc1)c1ccccc1. The van der Waals surface area contributed by atoms with Gasteiger partial charge in [0.05, 0.1) is 11.8 Å². The lowest BCUT2D eigenvalue weighted by atomic mass is 9.84. The van der Waals surface area contributed by atoms with Gasteiger partial charge in [-0.25, -0.2) is 8.42 Å². The largest absolute Gasteiger partial charge is 0.285 e. The Labute approximate surface area is 144 Å². The summed E-state index contributed by atoms with van der Waals surface area (Å²) < 4.78 is 23.3. The van der Waals surface area contributed by atoms with Crippen molar-refractivity contribution < 1.29 is 8.42 Å². The quantitative estimate of drug-likeness (QED) is 0.757. The maximum atomic E-state index is 11.7. The molecular weight excluding hydrogens is 318 g/mol. The first kappa shape index (κ1) is 16.9. The highest BCUT2D eigenvalue weighted by atomic mass is 32.2. The highest BCUT2D eigenvalue weighted by molar-refractivity contribution is 7.90. The second kappa shape index (κ2) is 6.91. The number of nitrogens with zero attached hydrogens (tertiary/aromatic N) is 1. The van der Waals surface area contributed by atoms with E-state index in [-0.39, 0.29) is 23.8 Å². The Hall–Kier alpha value is -1.91. The van der Waals surface area contributed by atoms with E-state index in [1.54, 1.807) is 0 Å². The number of sulfone groups is 1. The molecule has 0 unspecified atom stereocenters. The number of rotatable bonds is 6. The first-order valence-corrected chi connectivity index (χ1v) is 10.2. The second-order valence-electron chi connectivity index (χ2n) is 6.50. The number of hydrogen-bond donors (Lipinski definition) is 0. The van der Waals surface area contributed by atoms with Gasteiger partial charge in [-0.1, -0.05) is 66.7 Å². The molecule has 1 aliphatic heterocycles. The lowest BCUT2D eigenvalue weighted by molar-refractivity contribution is 0.0303. The second-order valence-corrected chi connectivity index (χ2v) is 8.68. The Morgan fingerprint density at radius 3 is 2.00 bits per heavy atom. The highest BCUT2D eigenvalue weighted by Crippen LogP contribution is 2.39. The van der Waals surface area contributed by atoms with Crippen molar-refractivity contribution >= 4 is 9.84 Å². The van der Waals surface area contributed by atoms with Gasteiger partial charge in [-0.3, -0.25) is 4.90 Å². The minimum atomic E-state index is -2.98. The molecule has 2 aromatic carbocycles. The average Bonchev–Trinajstić information content (AvgIpc) is 2.55. The Bertz CT molecular complexity index is 747. The summed E-state index contributed by atoms with van der Waals surface area (Å²) in [7, 11) is -2.98. The normalized spacial score (nSPS) is 21.4. The van der Waals surface area contributed by atoms with Crippen LogP contribution in [0.1, 0.15) is 17.2 Å². The van der Waals surface area contributed by atoms with Crippen LogP contribution in [0, 0.1) is 5.92 Å². The molecule has 0 saturated carbocycles. The fourth-order valence-corrected chi connectivity index (χ4v) is 4.71. The van der Waals surface area contributed by atoms with Crippen LogP contribution in [0.25, 0.3) is 0 Å². The van der Waals surface area contributed by atoms with E-state index in [1.807, 2.05) is 42.5 Å². The van der Waals surface area contributed by atoms with Gasteiger partial charge >= 0.3 is 0 Å². The molecule has 3 nitrogen and oxygen atoms in total. The third-order valence-electron chi connectivity index (χ3n) is 4.63. The average molecular weight is 341 g/mol. The first-order chi connectivity index (χ1) is 11.5. The van der Waals surface area contributed by atoms with Gasteiger partial charge in [0.15, 0.2) is 0 Å². The topological polar surface area (TPSA) is 37.4 Å². The van der Waals surface area contributed by atoms with Gasteiger partial charge in [0.2, 0.25) is 0 Å². The monoisotopic (exact) mass is 341 g/mol. The molecule has 1 aliphatic rings. The van der Waals surface area contributed by atoms with Gasteiger partial charge < -0.3 is 0 Å². The van der Waals surface area contributed by atoms with Crippen LogP contribution in [-0.4, -0.2) is 37.9 Å². The molecule has 0 N–H and O–H groups in total. The molecule has 2 aromatic rings. The van der Waals surface area contributed by atoms with Gasteiger partial charge in [-0.2, -0.15) is 0 Å². The van der Waals surface area contributed by atoms with E-state index in [4.69, 9.17) is 0 Å². The van der Waals surface area contributed by atoms with E-state index in [0.717, 1.165) is 6.54 Å². The van der Waals surface area contributed by atoms with E-state index in [9.17, 15) is 8.42 Å². The maximum absolute atomic E-state index is 11.7. The van der Waals surface area contributed by atoms with Crippen LogP contribution < -0.4 is 0 Å². The molecule has 3 rings (SSSR count). The number of hydrogen-bond acceptors (Lipinski definition) is 3.